The zero-order valence-corrected chi connectivity index (χ0v) is 13.5. The van der Waals surface area contributed by atoms with Crippen LogP contribution in [0, 0.1) is 0 Å². The van der Waals surface area contributed by atoms with E-state index in [-0.39, 0.29) is 6.61 Å². The van der Waals surface area contributed by atoms with Crippen LogP contribution < -0.4 is 4.90 Å². The third-order valence-corrected chi connectivity index (χ3v) is 5.07. The molecule has 24 heavy (non-hydrogen) atoms. The van der Waals surface area contributed by atoms with Gasteiger partial charge >= 0.3 is 0 Å². The Morgan fingerprint density at radius 3 is 2.75 bits per heavy atom. The molecule has 2 aliphatic rings. The van der Waals surface area contributed by atoms with E-state index in [0.29, 0.717) is 5.65 Å². The Kier molecular flexibility index (Phi) is 3.72. The van der Waals surface area contributed by atoms with Crippen molar-refractivity contribution >= 4 is 16.9 Å². The number of hydrogen-bond acceptors (Lipinski definition) is 7. The number of imidazole rings is 1. The van der Waals surface area contributed by atoms with Gasteiger partial charge in [0, 0.05) is 19.3 Å². The van der Waals surface area contributed by atoms with Crippen LogP contribution in [-0.4, -0.2) is 67.4 Å². The summed E-state index contributed by atoms with van der Waals surface area (Å²) < 4.78 is 7.31. The molecule has 3 N–H and O–H groups in total. The summed E-state index contributed by atoms with van der Waals surface area (Å²) in [5.41, 5.74) is 0.816. The first-order valence-corrected chi connectivity index (χ1v) is 8.27. The fourth-order valence-corrected chi connectivity index (χ4v) is 3.70. The summed E-state index contributed by atoms with van der Waals surface area (Å²) in [5, 5.41) is 30.2. The summed E-state index contributed by atoms with van der Waals surface area (Å²) in [6.45, 7) is 3.12. The van der Waals surface area contributed by atoms with E-state index < -0.39 is 24.0 Å². The number of aliphatic hydroxyl groups is 3. The van der Waals surface area contributed by atoms with E-state index in [1.54, 1.807) is 17.1 Å². The Hall–Kier alpha value is -1.74. The lowest BCUT2D eigenvalue weighted by Gasteiger charge is -2.27. The predicted molar refractivity (Wildman–Crippen MR) is 86.6 cm³/mol. The Morgan fingerprint density at radius 2 is 2.08 bits per heavy atom. The van der Waals surface area contributed by atoms with Crippen molar-refractivity contribution < 1.29 is 20.1 Å². The van der Waals surface area contributed by atoms with Gasteiger partial charge in [0.15, 0.2) is 11.9 Å². The van der Waals surface area contributed by atoms with Crippen molar-refractivity contribution in [3.05, 3.63) is 18.6 Å². The van der Waals surface area contributed by atoms with Crippen molar-refractivity contribution in [3.63, 3.8) is 0 Å². The molecule has 2 fully saturated rings. The Bertz CT molecular complexity index is 741. The molecule has 0 unspecified atom stereocenters. The maximum atomic E-state index is 10.7. The maximum Gasteiger partial charge on any atom is 0.168 e. The van der Waals surface area contributed by atoms with Gasteiger partial charge in [0.25, 0.3) is 0 Å². The minimum Gasteiger partial charge on any atom is -0.394 e. The number of anilines is 1. The average Bonchev–Trinajstić information content (AvgIpc) is 3.28. The summed E-state index contributed by atoms with van der Waals surface area (Å²) in [7, 11) is 0. The zero-order chi connectivity index (χ0) is 16.9. The van der Waals surface area contributed by atoms with Crippen molar-refractivity contribution in [2.24, 2.45) is 0 Å². The van der Waals surface area contributed by atoms with Crippen LogP contribution in [0.1, 0.15) is 26.0 Å². The van der Waals surface area contributed by atoms with Gasteiger partial charge in [-0.1, -0.05) is 0 Å². The van der Waals surface area contributed by atoms with Crippen molar-refractivity contribution in [3.8, 4) is 0 Å². The number of hydrogen-bond donors (Lipinski definition) is 3. The monoisotopic (exact) mass is 334 g/mol. The molecule has 0 spiro atoms. The Morgan fingerprint density at radius 1 is 1.33 bits per heavy atom. The van der Waals surface area contributed by atoms with Gasteiger partial charge in [-0.3, -0.25) is 4.57 Å². The largest absolute Gasteiger partial charge is 0.394 e. The second-order valence-electron chi connectivity index (χ2n) is 6.73. The lowest BCUT2D eigenvalue weighted by Crippen LogP contribution is -2.44. The second kappa shape index (κ2) is 5.66. The van der Waals surface area contributed by atoms with Gasteiger partial charge in [-0.15, -0.1) is 0 Å². The molecule has 2 aliphatic heterocycles. The fraction of sp³-hybridized carbons (Fsp3) is 0.625. The highest BCUT2D eigenvalue weighted by Gasteiger charge is 2.53. The number of nitrogens with zero attached hydrogens (tertiary/aromatic N) is 4. The zero-order valence-electron chi connectivity index (χ0n) is 13.5. The van der Waals surface area contributed by atoms with Gasteiger partial charge in [0.2, 0.25) is 0 Å². The summed E-state index contributed by atoms with van der Waals surface area (Å²) >= 11 is 0. The van der Waals surface area contributed by atoms with Crippen molar-refractivity contribution in [2.45, 2.75) is 43.8 Å². The van der Waals surface area contributed by atoms with Crippen molar-refractivity contribution in [1.29, 1.82) is 0 Å². The lowest BCUT2D eigenvalue weighted by molar-refractivity contribution is -0.0950. The van der Waals surface area contributed by atoms with E-state index in [9.17, 15) is 15.3 Å². The number of aromatic nitrogens is 3. The highest BCUT2D eigenvalue weighted by atomic mass is 16.6. The molecule has 4 rings (SSSR count). The molecule has 4 heterocycles. The summed E-state index contributed by atoms with van der Waals surface area (Å²) in [4.78, 5) is 11.1. The van der Waals surface area contributed by atoms with Gasteiger partial charge in [0.05, 0.1) is 18.6 Å². The van der Waals surface area contributed by atoms with Crippen LogP contribution in [0.3, 0.4) is 0 Å². The highest BCUT2D eigenvalue weighted by Crippen LogP contribution is 2.40. The molecule has 0 bridgehead atoms. The van der Waals surface area contributed by atoms with Crippen molar-refractivity contribution in [2.75, 3.05) is 24.6 Å². The first-order chi connectivity index (χ1) is 11.5. The van der Waals surface area contributed by atoms with Crippen LogP contribution in [0.2, 0.25) is 0 Å². The predicted octanol–water partition coefficient (Wildman–Crippen LogP) is 0.0331. The molecule has 2 aromatic rings. The molecule has 2 saturated heterocycles. The molecule has 4 atom stereocenters. The Labute approximate surface area is 139 Å². The minimum atomic E-state index is -1.55. The van der Waals surface area contributed by atoms with E-state index in [4.69, 9.17) is 4.74 Å². The van der Waals surface area contributed by atoms with E-state index >= 15 is 0 Å². The fourth-order valence-electron chi connectivity index (χ4n) is 3.70. The Balaban J connectivity index is 1.77. The third-order valence-electron chi connectivity index (χ3n) is 5.07. The second-order valence-corrected chi connectivity index (χ2v) is 6.73. The number of ether oxygens (including phenoxy) is 1. The standard InChI is InChI=1S/C16H22N4O4/c1-16(23)13(22)11(8-21)24-15(16)20-9-18-12-10(4-5-17-14(12)20)19-6-2-3-7-19/h4-5,9,11,13,15,21-23H,2-3,6-8H2,1H3/t11-,13-,15-,16-/m1/s1. The molecule has 130 valence electrons. The maximum absolute atomic E-state index is 10.7. The summed E-state index contributed by atoms with van der Waals surface area (Å²) in [6, 6.07) is 1.95. The van der Waals surface area contributed by atoms with Gasteiger partial charge in [-0.25, -0.2) is 9.97 Å². The van der Waals surface area contributed by atoms with Crippen molar-refractivity contribution in [1.82, 2.24) is 14.5 Å². The van der Waals surface area contributed by atoms with E-state index in [0.717, 1.165) is 37.1 Å². The van der Waals surface area contributed by atoms with Crippen LogP contribution in [0.15, 0.2) is 18.6 Å². The van der Waals surface area contributed by atoms with Gasteiger partial charge in [0.1, 0.15) is 23.3 Å². The molecule has 0 amide bonds. The molecule has 0 radical (unpaired) electrons. The van der Waals surface area contributed by atoms with Crippen LogP contribution in [0.5, 0.6) is 0 Å². The molecule has 2 aromatic heterocycles. The topological polar surface area (TPSA) is 104 Å². The first-order valence-electron chi connectivity index (χ1n) is 8.27. The van der Waals surface area contributed by atoms with E-state index in [1.165, 1.54) is 6.92 Å². The molecule has 8 nitrogen and oxygen atoms in total. The average molecular weight is 334 g/mol. The lowest BCUT2D eigenvalue weighted by atomic mass is 9.96. The first kappa shape index (κ1) is 15.8. The van der Waals surface area contributed by atoms with Gasteiger partial charge in [-0.05, 0) is 25.8 Å². The molecular formula is C16H22N4O4. The molecule has 0 aromatic carbocycles. The van der Waals surface area contributed by atoms with E-state index in [2.05, 4.69) is 14.9 Å². The molecular weight excluding hydrogens is 312 g/mol. The summed E-state index contributed by atoms with van der Waals surface area (Å²) in [6.07, 6.45) is 2.72. The van der Waals surface area contributed by atoms with Crippen LogP contribution in [0.4, 0.5) is 5.69 Å². The number of rotatable bonds is 3. The minimum absolute atomic E-state index is 0.368. The normalized spacial score (nSPS) is 33.7. The van der Waals surface area contributed by atoms with Crippen LogP contribution >= 0.6 is 0 Å². The van der Waals surface area contributed by atoms with E-state index in [1.807, 2.05) is 6.07 Å². The smallest absolute Gasteiger partial charge is 0.168 e. The number of aliphatic hydroxyl groups excluding tert-OH is 2. The van der Waals surface area contributed by atoms with Crippen LogP contribution in [-0.2, 0) is 4.74 Å². The number of pyridine rings is 1. The molecule has 8 heteroatoms. The van der Waals surface area contributed by atoms with Gasteiger partial charge < -0.3 is 25.0 Å². The highest BCUT2D eigenvalue weighted by molar-refractivity contribution is 5.86. The third kappa shape index (κ3) is 2.21. The SMILES string of the molecule is C[C@@]1(O)[C@H](O)[C@@H](CO)O[C@H]1n1cnc2c(N3CCCC3)ccnc21. The van der Waals surface area contributed by atoms with Gasteiger partial charge in [-0.2, -0.15) is 0 Å². The summed E-state index contributed by atoms with van der Waals surface area (Å²) in [5.74, 6) is 0. The molecule has 0 aliphatic carbocycles. The quantitative estimate of drug-likeness (QED) is 0.728. The van der Waals surface area contributed by atoms with Crippen LogP contribution in [0.25, 0.3) is 11.2 Å². The molecule has 0 saturated carbocycles. The number of fused-ring (bicyclic) bond motifs is 1.